The van der Waals surface area contributed by atoms with Gasteiger partial charge in [0.2, 0.25) is 0 Å². The van der Waals surface area contributed by atoms with E-state index in [0.717, 1.165) is 27.5 Å². The molecule has 0 bridgehead atoms. The first-order valence-corrected chi connectivity index (χ1v) is 19.0. The fourth-order valence-corrected chi connectivity index (χ4v) is 10.5. The Morgan fingerprint density at radius 3 is 1.98 bits per heavy atom. The van der Waals surface area contributed by atoms with E-state index in [-0.39, 0.29) is 18.5 Å². The smallest absolute Gasteiger partial charge is 0.141 e. The molecule has 0 amide bonds. The summed E-state index contributed by atoms with van der Waals surface area (Å²) in [5, 5.41) is 19.2. The first-order chi connectivity index (χ1) is 25.3. The number of para-hydroxylation sites is 1. The minimum Gasteiger partial charge on any atom is -0.456 e. The molecule has 1 aliphatic heterocycles. The third-order valence-corrected chi connectivity index (χ3v) is 12.8. The van der Waals surface area contributed by atoms with Crippen molar-refractivity contribution in [2.24, 2.45) is 0 Å². The second-order valence-electron chi connectivity index (χ2n) is 13.3. The topological polar surface area (TPSA) is 49.2 Å². The maximum Gasteiger partial charge on any atom is 0.141 e. The maximum atomic E-state index is 6.76. The third kappa shape index (κ3) is 4.69. The molecule has 4 heterocycles. The number of rotatable bonds is 4. The number of benzene rings is 7. The Kier molecular flexibility index (Phi) is 6.69. The lowest BCUT2D eigenvalue weighted by Crippen LogP contribution is -2.54. The number of thiophene rings is 2. The van der Waals surface area contributed by atoms with Crippen molar-refractivity contribution in [2.75, 3.05) is 0 Å². The second-order valence-corrected chi connectivity index (χ2v) is 15.5. The lowest BCUT2D eigenvalue weighted by atomic mass is 9.99. The molecule has 0 saturated carbocycles. The lowest BCUT2D eigenvalue weighted by Gasteiger charge is -2.39. The Morgan fingerprint density at radius 2 is 1.10 bits per heavy atom. The van der Waals surface area contributed by atoms with Crippen LogP contribution in [0.2, 0.25) is 0 Å². The van der Waals surface area contributed by atoms with Crippen LogP contribution in [0.4, 0.5) is 0 Å². The lowest BCUT2D eigenvalue weighted by molar-refractivity contribution is 0.204. The van der Waals surface area contributed by atoms with Crippen molar-refractivity contribution in [1.82, 2.24) is 16.0 Å². The van der Waals surface area contributed by atoms with Crippen LogP contribution in [0.15, 0.2) is 156 Å². The van der Waals surface area contributed by atoms with Crippen LogP contribution in [0, 0.1) is 0 Å². The molecule has 244 valence electrons. The van der Waals surface area contributed by atoms with E-state index in [1.165, 1.54) is 62.6 Å². The van der Waals surface area contributed by atoms with Crippen LogP contribution >= 0.6 is 22.7 Å². The standard InChI is InChI=1S/C45H31N3OS2/c1-2-11-26(12-3-1)43-46-44(33-18-10-22-39-40(33)32-14-5-7-21-38(32)50-39)48-45(47-43)34-19-9-16-30-35-25-27(23-24-36(35)49-41(30)34)28-15-8-17-31-29-13-4-6-20-37(29)51-42(28)31/h1-25,43-48H. The van der Waals surface area contributed by atoms with Gasteiger partial charge in [0, 0.05) is 56.7 Å². The molecule has 4 nitrogen and oxygen atoms in total. The molecule has 1 fully saturated rings. The van der Waals surface area contributed by atoms with Gasteiger partial charge in [-0.2, -0.15) is 0 Å². The van der Waals surface area contributed by atoms with Crippen LogP contribution < -0.4 is 16.0 Å². The Hall–Kier alpha value is -5.34. The quantitative estimate of drug-likeness (QED) is 0.172. The molecule has 3 aromatic heterocycles. The summed E-state index contributed by atoms with van der Waals surface area (Å²) in [6.07, 6.45) is -0.385. The van der Waals surface area contributed by atoms with Crippen molar-refractivity contribution >= 4 is 85.0 Å². The largest absolute Gasteiger partial charge is 0.456 e. The Bertz CT molecular complexity index is 2940. The highest BCUT2D eigenvalue weighted by molar-refractivity contribution is 7.26. The van der Waals surface area contributed by atoms with Crippen LogP contribution in [0.3, 0.4) is 0 Å². The molecule has 1 saturated heterocycles. The summed E-state index contributed by atoms with van der Waals surface area (Å²) in [6, 6.07) is 54.6. The first-order valence-electron chi connectivity index (χ1n) is 17.4. The Balaban J connectivity index is 1.04. The van der Waals surface area contributed by atoms with Gasteiger partial charge in [0.05, 0.1) is 18.5 Å². The number of fused-ring (bicyclic) bond motifs is 9. The third-order valence-electron chi connectivity index (χ3n) is 10.4. The van der Waals surface area contributed by atoms with E-state index in [4.69, 9.17) is 4.42 Å². The molecule has 10 aromatic rings. The van der Waals surface area contributed by atoms with Gasteiger partial charge in [0.25, 0.3) is 0 Å². The van der Waals surface area contributed by atoms with E-state index >= 15 is 0 Å². The van der Waals surface area contributed by atoms with E-state index in [1.807, 2.05) is 22.7 Å². The van der Waals surface area contributed by atoms with Gasteiger partial charge in [-0.25, -0.2) is 0 Å². The molecular formula is C45H31N3OS2. The zero-order valence-electron chi connectivity index (χ0n) is 27.4. The molecule has 3 unspecified atom stereocenters. The van der Waals surface area contributed by atoms with Crippen molar-refractivity contribution in [3.05, 3.63) is 168 Å². The van der Waals surface area contributed by atoms with Gasteiger partial charge >= 0.3 is 0 Å². The normalized spacial score (nSPS) is 18.2. The highest BCUT2D eigenvalue weighted by Gasteiger charge is 2.32. The SMILES string of the molecule is c1ccc(C2NC(c3cccc4c3oc3ccc(-c5cccc6c5sc5ccccc56)cc34)NC(c3cccc4sc5ccccc5c34)N2)cc1. The fraction of sp³-hybridized carbons (Fsp3) is 0.0667. The van der Waals surface area contributed by atoms with Crippen molar-refractivity contribution in [3.63, 3.8) is 0 Å². The van der Waals surface area contributed by atoms with Crippen LogP contribution in [0.5, 0.6) is 0 Å². The molecule has 11 rings (SSSR count). The van der Waals surface area contributed by atoms with Crippen molar-refractivity contribution < 1.29 is 4.42 Å². The minimum atomic E-state index is -0.183. The molecule has 7 aromatic carbocycles. The molecule has 0 aliphatic carbocycles. The van der Waals surface area contributed by atoms with Gasteiger partial charge in [-0.15, -0.1) is 22.7 Å². The van der Waals surface area contributed by atoms with E-state index in [0.29, 0.717) is 0 Å². The Labute approximate surface area is 302 Å². The first kappa shape index (κ1) is 29.4. The van der Waals surface area contributed by atoms with Crippen molar-refractivity contribution in [2.45, 2.75) is 18.5 Å². The van der Waals surface area contributed by atoms with Crippen LogP contribution in [0.25, 0.3) is 73.4 Å². The monoisotopic (exact) mass is 693 g/mol. The van der Waals surface area contributed by atoms with E-state index < -0.39 is 0 Å². The summed E-state index contributed by atoms with van der Waals surface area (Å²) < 4.78 is 12.0. The molecule has 0 radical (unpaired) electrons. The molecule has 51 heavy (non-hydrogen) atoms. The summed E-state index contributed by atoms with van der Waals surface area (Å²) in [6.45, 7) is 0. The predicted octanol–water partition coefficient (Wildman–Crippen LogP) is 12.2. The highest BCUT2D eigenvalue weighted by atomic mass is 32.1. The van der Waals surface area contributed by atoms with E-state index in [9.17, 15) is 0 Å². The van der Waals surface area contributed by atoms with Gasteiger partial charge in [0.1, 0.15) is 11.2 Å². The second kappa shape index (κ2) is 11.6. The average molecular weight is 694 g/mol. The van der Waals surface area contributed by atoms with Crippen LogP contribution in [0.1, 0.15) is 35.2 Å². The summed E-state index contributed by atoms with van der Waals surface area (Å²) >= 11 is 3.72. The number of nitrogens with one attached hydrogen (secondary N) is 3. The van der Waals surface area contributed by atoms with Gasteiger partial charge in [-0.3, -0.25) is 16.0 Å². The van der Waals surface area contributed by atoms with Gasteiger partial charge in [-0.05, 0) is 52.6 Å². The Morgan fingerprint density at radius 1 is 0.451 bits per heavy atom. The summed E-state index contributed by atoms with van der Waals surface area (Å²) in [5.41, 5.74) is 7.78. The molecule has 6 heteroatoms. The zero-order chi connectivity index (χ0) is 33.5. The van der Waals surface area contributed by atoms with Gasteiger partial charge in [-0.1, -0.05) is 121 Å². The van der Waals surface area contributed by atoms with Crippen LogP contribution in [-0.2, 0) is 0 Å². The van der Waals surface area contributed by atoms with Crippen LogP contribution in [-0.4, -0.2) is 0 Å². The molecule has 3 N–H and O–H groups in total. The average Bonchev–Trinajstić information content (AvgIpc) is 3.89. The summed E-state index contributed by atoms with van der Waals surface area (Å²) in [4.78, 5) is 0. The number of furan rings is 1. The number of hydrogen-bond acceptors (Lipinski definition) is 6. The van der Waals surface area contributed by atoms with Gasteiger partial charge < -0.3 is 4.42 Å². The fourth-order valence-electron chi connectivity index (χ4n) is 8.07. The van der Waals surface area contributed by atoms with Crippen molar-refractivity contribution in [3.8, 4) is 11.1 Å². The minimum absolute atomic E-state index is 0.0874. The zero-order valence-corrected chi connectivity index (χ0v) is 29.0. The molecule has 0 spiro atoms. The van der Waals surface area contributed by atoms with E-state index in [1.54, 1.807) is 0 Å². The molecule has 3 atom stereocenters. The summed E-state index contributed by atoms with van der Waals surface area (Å²) in [7, 11) is 0. The van der Waals surface area contributed by atoms with Crippen molar-refractivity contribution in [1.29, 1.82) is 0 Å². The predicted molar refractivity (Wildman–Crippen MR) is 215 cm³/mol. The number of hydrogen-bond donors (Lipinski definition) is 3. The molecule has 1 aliphatic rings. The molecular weight excluding hydrogens is 663 g/mol. The van der Waals surface area contributed by atoms with E-state index in [2.05, 4.69) is 168 Å². The van der Waals surface area contributed by atoms with Gasteiger partial charge in [0.15, 0.2) is 0 Å². The summed E-state index contributed by atoms with van der Waals surface area (Å²) in [5.74, 6) is 0. The highest BCUT2D eigenvalue weighted by Crippen LogP contribution is 2.43. The maximum absolute atomic E-state index is 6.76.